The largest absolute Gasteiger partial charge is 0.493 e. The van der Waals surface area contributed by atoms with Crippen molar-refractivity contribution >= 4 is 11.9 Å². The highest BCUT2D eigenvalue weighted by Gasteiger charge is 2.14. The Kier molecular flexibility index (Phi) is 9.09. The molecule has 5 aromatic rings. The third-order valence-corrected chi connectivity index (χ3v) is 6.98. The average molecular weight is 561 g/mol. The van der Waals surface area contributed by atoms with E-state index in [4.69, 9.17) is 19.2 Å². The van der Waals surface area contributed by atoms with Crippen LogP contribution in [0, 0.1) is 6.92 Å². The van der Waals surface area contributed by atoms with Crippen LogP contribution in [0.15, 0.2) is 108 Å². The van der Waals surface area contributed by atoms with Crippen molar-refractivity contribution in [3.63, 3.8) is 0 Å². The summed E-state index contributed by atoms with van der Waals surface area (Å²) in [6, 6.07) is 32.8. The van der Waals surface area contributed by atoms with E-state index in [1.807, 2.05) is 73.7 Å². The van der Waals surface area contributed by atoms with E-state index < -0.39 is 5.97 Å². The first-order chi connectivity index (χ1) is 20.5. The number of carbonyl (C=O) groups is 2. The quantitative estimate of drug-likeness (QED) is 0.172. The molecule has 1 heterocycles. The van der Waals surface area contributed by atoms with Crippen LogP contribution < -0.4 is 10.1 Å². The molecule has 0 bridgehead atoms. The van der Waals surface area contributed by atoms with E-state index in [1.54, 1.807) is 12.1 Å². The number of carboxylic acid groups (broad SMARTS) is 1. The van der Waals surface area contributed by atoms with E-state index in [1.165, 1.54) is 0 Å². The highest BCUT2D eigenvalue weighted by Crippen LogP contribution is 2.28. The lowest BCUT2D eigenvalue weighted by Gasteiger charge is -2.13. The summed E-state index contributed by atoms with van der Waals surface area (Å²) in [4.78, 5) is 28.5. The highest BCUT2D eigenvalue weighted by molar-refractivity contribution is 5.94. The monoisotopic (exact) mass is 560 g/mol. The van der Waals surface area contributed by atoms with Crippen molar-refractivity contribution in [1.29, 1.82) is 0 Å². The predicted octanol–water partition coefficient (Wildman–Crippen LogP) is 6.89. The molecule has 7 heteroatoms. The topological polar surface area (TPSA) is 102 Å². The van der Waals surface area contributed by atoms with Crippen molar-refractivity contribution in [3.05, 3.63) is 131 Å². The number of carboxylic acids is 1. The van der Waals surface area contributed by atoms with Gasteiger partial charge in [-0.1, -0.05) is 66.7 Å². The molecule has 4 aromatic carbocycles. The Morgan fingerprint density at radius 1 is 0.810 bits per heavy atom. The molecule has 0 radical (unpaired) electrons. The summed E-state index contributed by atoms with van der Waals surface area (Å²) in [5.74, 6) is 0.878. The van der Waals surface area contributed by atoms with Crippen molar-refractivity contribution < 1.29 is 23.8 Å². The number of rotatable bonds is 12. The lowest BCUT2D eigenvalue weighted by atomic mass is 10.0. The number of nitrogens with one attached hydrogen (secondary N) is 1. The minimum atomic E-state index is -0.872. The van der Waals surface area contributed by atoms with Gasteiger partial charge >= 0.3 is 5.97 Å². The van der Waals surface area contributed by atoms with E-state index in [2.05, 4.69) is 29.6 Å². The van der Waals surface area contributed by atoms with Crippen LogP contribution in [0.3, 0.4) is 0 Å². The molecule has 0 aliphatic rings. The number of aromatic nitrogens is 1. The number of hydrogen-bond donors (Lipinski definition) is 2. The molecule has 1 amide bonds. The van der Waals surface area contributed by atoms with Gasteiger partial charge in [0.05, 0.1) is 12.3 Å². The van der Waals surface area contributed by atoms with Crippen molar-refractivity contribution in [1.82, 2.24) is 10.3 Å². The summed E-state index contributed by atoms with van der Waals surface area (Å²) in [6.45, 7) is 2.53. The maximum absolute atomic E-state index is 12.6. The maximum Gasteiger partial charge on any atom is 0.303 e. The molecule has 0 saturated carbocycles. The lowest BCUT2D eigenvalue weighted by Crippen LogP contribution is -2.23. The molecule has 2 N–H and O–H groups in total. The second kappa shape index (κ2) is 13.5. The first-order valence-electron chi connectivity index (χ1n) is 13.9. The minimum absolute atomic E-state index is 0.00185. The summed E-state index contributed by atoms with van der Waals surface area (Å²) in [6.07, 6.45) is 0.912. The van der Waals surface area contributed by atoms with Crippen LogP contribution in [-0.4, -0.2) is 28.6 Å². The van der Waals surface area contributed by atoms with E-state index in [0.29, 0.717) is 36.7 Å². The number of aryl methyl sites for hydroxylation is 2. The molecule has 0 fully saturated rings. The number of oxazole rings is 1. The van der Waals surface area contributed by atoms with Gasteiger partial charge in [-0.3, -0.25) is 9.59 Å². The lowest BCUT2D eigenvalue weighted by molar-refractivity contribution is -0.136. The molecule has 42 heavy (non-hydrogen) atoms. The van der Waals surface area contributed by atoms with Crippen LogP contribution in [0.2, 0.25) is 0 Å². The molecular weight excluding hydrogens is 528 g/mol. The molecule has 7 nitrogen and oxygen atoms in total. The Morgan fingerprint density at radius 3 is 2.29 bits per heavy atom. The number of aliphatic carboxylic acids is 1. The van der Waals surface area contributed by atoms with Crippen LogP contribution >= 0.6 is 0 Å². The molecular formula is C35H32N2O5. The van der Waals surface area contributed by atoms with Gasteiger partial charge in [0.2, 0.25) is 5.89 Å². The van der Waals surface area contributed by atoms with Gasteiger partial charge in [0.15, 0.2) is 0 Å². The smallest absolute Gasteiger partial charge is 0.303 e. The second-order valence-electron chi connectivity index (χ2n) is 9.94. The molecule has 0 spiro atoms. The van der Waals surface area contributed by atoms with Crippen molar-refractivity contribution in [2.24, 2.45) is 0 Å². The van der Waals surface area contributed by atoms with Crippen molar-refractivity contribution in [3.8, 4) is 28.3 Å². The fraction of sp³-hybridized carbons (Fsp3) is 0.171. The molecule has 1 aromatic heterocycles. The van der Waals surface area contributed by atoms with Crippen molar-refractivity contribution in [2.45, 2.75) is 32.7 Å². The molecule has 5 rings (SSSR count). The van der Waals surface area contributed by atoms with Gasteiger partial charge in [0.25, 0.3) is 5.91 Å². The van der Waals surface area contributed by atoms with Gasteiger partial charge < -0.3 is 19.6 Å². The van der Waals surface area contributed by atoms with Crippen molar-refractivity contribution in [2.75, 3.05) is 6.61 Å². The average Bonchev–Trinajstić information content (AvgIpc) is 3.40. The van der Waals surface area contributed by atoms with Crippen LogP contribution in [0.25, 0.3) is 22.6 Å². The Bertz CT molecular complexity index is 1660. The fourth-order valence-electron chi connectivity index (χ4n) is 4.72. The second-order valence-corrected chi connectivity index (χ2v) is 9.94. The van der Waals surface area contributed by atoms with E-state index in [0.717, 1.165) is 39.3 Å². The number of nitrogens with zero attached hydrogens (tertiary/aromatic N) is 1. The van der Waals surface area contributed by atoms with Crippen LogP contribution in [0.1, 0.15) is 39.4 Å². The third kappa shape index (κ3) is 7.31. The summed E-state index contributed by atoms with van der Waals surface area (Å²) in [5.41, 5.74) is 6.19. The zero-order chi connectivity index (χ0) is 29.3. The zero-order valence-corrected chi connectivity index (χ0v) is 23.4. The number of carbonyl (C=O) groups excluding carboxylic acids is 1. The van der Waals surface area contributed by atoms with Gasteiger partial charge in [-0.15, -0.1) is 0 Å². The Hall–Kier alpha value is -5.17. The van der Waals surface area contributed by atoms with E-state index >= 15 is 0 Å². The molecule has 0 aliphatic heterocycles. The molecule has 0 unspecified atom stereocenters. The summed E-state index contributed by atoms with van der Waals surface area (Å²) in [7, 11) is 0. The van der Waals surface area contributed by atoms with Gasteiger partial charge in [-0.05, 0) is 72.0 Å². The predicted molar refractivity (Wildman–Crippen MR) is 161 cm³/mol. The molecule has 212 valence electrons. The minimum Gasteiger partial charge on any atom is -0.493 e. The van der Waals surface area contributed by atoms with Crippen LogP contribution in [-0.2, 0) is 24.2 Å². The Labute approximate surface area is 244 Å². The zero-order valence-electron chi connectivity index (χ0n) is 23.4. The number of hydrogen-bond acceptors (Lipinski definition) is 5. The number of amides is 1. The maximum atomic E-state index is 12.6. The molecule has 0 saturated heterocycles. The van der Waals surface area contributed by atoms with E-state index in [9.17, 15) is 9.59 Å². The summed E-state index contributed by atoms with van der Waals surface area (Å²) >= 11 is 0. The van der Waals surface area contributed by atoms with Gasteiger partial charge in [0, 0.05) is 30.5 Å². The fourth-order valence-corrected chi connectivity index (χ4v) is 4.72. The third-order valence-electron chi connectivity index (χ3n) is 6.98. The molecule has 0 atom stereocenters. The standard InChI is InChI=1S/C35H32N2O5/c1-24-32(37-35(42-24)29-14-8-13-28(21-29)25-9-4-2-5-10-25)19-20-41-31-17-15-26(16-18-33(38)39)30(22-31)23-36-34(40)27-11-6-3-7-12-27/h2-15,17,21-22H,16,18-20,23H2,1H3,(H,36,40)(H,38,39). The first-order valence-corrected chi connectivity index (χ1v) is 13.9. The van der Waals surface area contributed by atoms with E-state index in [-0.39, 0.29) is 18.9 Å². The number of ether oxygens (including phenoxy) is 1. The van der Waals surface area contributed by atoms with Gasteiger partial charge in [-0.2, -0.15) is 0 Å². The summed E-state index contributed by atoms with van der Waals surface area (Å²) < 4.78 is 12.1. The Balaban J connectivity index is 1.24. The van der Waals surface area contributed by atoms with Crippen LogP contribution in [0.5, 0.6) is 5.75 Å². The highest BCUT2D eigenvalue weighted by atomic mass is 16.5. The normalized spacial score (nSPS) is 10.8. The first kappa shape index (κ1) is 28.4. The summed E-state index contributed by atoms with van der Waals surface area (Å²) in [5, 5.41) is 12.1. The van der Waals surface area contributed by atoms with Gasteiger partial charge in [-0.25, -0.2) is 4.98 Å². The SMILES string of the molecule is Cc1oc(-c2cccc(-c3ccccc3)c2)nc1CCOc1ccc(CCC(=O)O)c(CNC(=O)c2ccccc2)c1. The number of benzene rings is 4. The van der Waals surface area contributed by atoms with Crippen LogP contribution in [0.4, 0.5) is 0 Å². The Morgan fingerprint density at radius 2 is 1.52 bits per heavy atom. The molecule has 0 aliphatic carbocycles. The van der Waals surface area contributed by atoms with Gasteiger partial charge in [0.1, 0.15) is 11.5 Å².